The van der Waals surface area contributed by atoms with Gasteiger partial charge in [-0.05, 0) is 19.3 Å². The number of piperidine rings is 1. The molecule has 5 heteroatoms. The van der Waals surface area contributed by atoms with Crippen molar-refractivity contribution in [1.29, 1.82) is 5.41 Å². The van der Waals surface area contributed by atoms with Gasteiger partial charge in [-0.15, -0.1) is 0 Å². The molecule has 1 spiro atoms. The van der Waals surface area contributed by atoms with E-state index in [2.05, 4.69) is 0 Å². The fourth-order valence-corrected chi connectivity index (χ4v) is 2.77. The number of nitrogens with two attached hydrogens (primary N) is 1. The van der Waals surface area contributed by atoms with Crippen LogP contribution in [0.15, 0.2) is 0 Å². The van der Waals surface area contributed by atoms with Crippen molar-refractivity contribution in [2.45, 2.75) is 37.4 Å². The lowest BCUT2D eigenvalue weighted by atomic mass is 9.84. The predicted octanol–water partition coefficient (Wildman–Crippen LogP) is 0.540. The highest BCUT2D eigenvalue weighted by Gasteiger charge is 2.41. The Kier molecular flexibility index (Phi) is 3.35. The van der Waals surface area contributed by atoms with Crippen LogP contribution in [0.4, 0.5) is 0 Å². The third-order valence-electron chi connectivity index (χ3n) is 3.66. The van der Waals surface area contributed by atoms with Crippen molar-refractivity contribution in [3.8, 4) is 0 Å². The van der Waals surface area contributed by atoms with Crippen molar-refractivity contribution < 1.29 is 9.47 Å². The summed E-state index contributed by atoms with van der Waals surface area (Å²) in [7, 11) is 1.76. The van der Waals surface area contributed by atoms with E-state index in [4.69, 9.17) is 20.6 Å². The zero-order valence-corrected chi connectivity index (χ0v) is 9.87. The molecule has 2 aliphatic heterocycles. The Hall–Kier alpha value is -0.810. The summed E-state index contributed by atoms with van der Waals surface area (Å²) >= 11 is 0. The average molecular weight is 227 g/mol. The molecule has 0 aromatic carbocycles. The fourth-order valence-electron chi connectivity index (χ4n) is 2.77. The van der Waals surface area contributed by atoms with E-state index in [1.54, 1.807) is 7.11 Å². The van der Waals surface area contributed by atoms with Crippen LogP contribution in [-0.4, -0.2) is 49.4 Å². The molecule has 0 bridgehead atoms. The van der Waals surface area contributed by atoms with Crippen LogP contribution in [0.5, 0.6) is 0 Å². The number of nitrogens with one attached hydrogen (secondary N) is 1. The van der Waals surface area contributed by atoms with Crippen LogP contribution in [0, 0.1) is 5.41 Å². The van der Waals surface area contributed by atoms with Crippen LogP contribution in [0.25, 0.3) is 0 Å². The van der Waals surface area contributed by atoms with Crippen LogP contribution in [0.3, 0.4) is 0 Å². The maximum Gasteiger partial charge on any atom is 0.188 e. The first-order chi connectivity index (χ1) is 7.65. The summed E-state index contributed by atoms with van der Waals surface area (Å²) in [6, 6.07) is 0. The fraction of sp³-hybridized carbons (Fsp3) is 0.909. The van der Waals surface area contributed by atoms with Gasteiger partial charge in [0.1, 0.15) is 0 Å². The van der Waals surface area contributed by atoms with E-state index in [-0.39, 0.29) is 11.6 Å². The van der Waals surface area contributed by atoms with E-state index < -0.39 is 0 Å². The quantitative estimate of drug-likeness (QED) is 0.506. The zero-order valence-electron chi connectivity index (χ0n) is 9.87. The Morgan fingerprint density at radius 1 is 1.62 bits per heavy atom. The van der Waals surface area contributed by atoms with Gasteiger partial charge < -0.3 is 20.1 Å². The van der Waals surface area contributed by atoms with Gasteiger partial charge in [-0.1, -0.05) is 0 Å². The minimum absolute atomic E-state index is 0.136. The topological polar surface area (TPSA) is 71.6 Å². The van der Waals surface area contributed by atoms with E-state index in [9.17, 15) is 0 Å². The number of ether oxygens (including phenoxy) is 2. The standard InChI is InChI=1S/C11H21N3O2/c1-15-9-3-6-16-11(7-9)4-2-5-14(8-11)10(12)13/h9H,2-8H2,1H3,(H3,12,13)/t9-,11+/m1/s1. The van der Waals surface area contributed by atoms with Crippen molar-refractivity contribution in [2.75, 3.05) is 26.8 Å². The second-order valence-electron chi connectivity index (χ2n) is 4.79. The van der Waals surface area contributed by atoms with E-state index in [1.165, 1.54) is 0 Å². The Morgan fingerprint density at radius 3 is 3.12 bits per heavy atom. The molecule has 2 aliphatic rings. The van der Waals surface area contributed by atoms with Crippen molar-refractivity contribution in [3.05, 3.63) is 0 Å². The maximum atomic E-state index is 7.50. The van der Waals surface area contributed by atoms with Gasteiger partial charge in [-0.3, -0.25) is 5.41 Å². The first kappa shape index (κ1) is 11.7. The van der Waals surface area contributed by atoms with E-state index in [0.29, 0.717) is 6.10 Å². The van der Waals surface area contributed by atoms with Gasteiger partial charge in [-0.2, -0.15) is 0 Å². The Labute approximate surface area is 96.4 Å². The Bertz CT molecular complexity index is 268. The van der Waals surface area contributed by atoms with E-state index in [0.717, 1.165) is 45.4 Å². The number of likely N-dealkylation sites (tertiary alicyclic amines) is 1. The molecule has 2 heterocycles. The first-order valence-electron chi connectivity index (χ1n) is 5.91. The van der Waals surface area contributed by atoms with Gasteiger partial charge in [0.2, 0.25) is 0 Å². The van der Waals surface area contributed by atoms with E-state index in [1.807, 2.05) is 4.90 Å². The zero-order chi connectivity index (χ0) is 11.6. The van der Waals surface area contributed by atoms with Gasteiger partial charge in [0, 0.05) is 33.2 Å². The van der Waals surface area contributed by atoms with Crippen molar-refractivity contribution in [2.24, 2.45) is 5.73 Å². The second-order valence-corrected chi connectivity index (χ2v) is 4.79. The molecule has 0 amide bonds. The summed E-state index contributed by atoms with van der Waals surface area (Å²) in [6.07, 6.45) is 4.28. The van der Waals surface area contributed by atoms with Gasteiger partial charge >= 0.3 is 0 Å². The molecule has 0 radical (unpaired) electrons. The normalized spacial score (nSPS) is 35.3. The highest BCUT2D eigenvalue weighted by molar-refractivity contribution is 5.74. The monoisotopic (exact) mass is 227 g/mol. The molecule has 2 fully saturated rings. The average Bonchev–Trinajstić information content (AvgIpc) is 2.29. The smallest absolute Gasteiger partial charge is 0.188 e. The molecule has 16 heavy (non-hydrogen) atoms. The van der Waals surface area contributed by atoms with Gasteiger partial charge in [0.05, 0.1) is 11.7 Å². The third-order valence-corrected chi connectivity index (χ3v) is 3.66. The largest absolute Gasteiger partial charge is 0.381 e. The minimum atomic E-state index is -0.136. The lowest BCUT2D eigenvalue weighted by Gasteiger charge is -2.46. The highest BCUT2D eigenvalue weighted by Crippen LogP contribution is 2.34. The molecule has 0 unspecified atom stereocenters. The number of methoxy groups -OCH3 is 1. The summed E-state index contributed by atoms with van der Waals surface area (Å²) in [5.41, 5.74) is 5.41. The third kappa shape index (κ3) is 2.30. The van der Waals surface area contributed by atoms with Crippen molar-refractivity contribution >= 4 is 5.96 Å². The molecule has 92 valence electrons. The lowest BCUT2D eigenvalue weighted by Crippen LogP contribution is -2.56. The number of rotatable bonds is 1. The highest BCUT2D eigenvalue weighted by atomic mass is 16.5. The van der Waals surface area contributed by atoms with Crippen LogP contribution >= 0.6 is 0 Å². The van der Waals surface area contributed by atoms with Crippen molar-refractivity contribution in [3.63, 3.8) is 0 Å². The van der Waals surface area contributed by atoms with Crippen LogP contribution < -0.4 is 5.73 Å². The molecule has 2 rings (SSSR count). The second kappa shape index (κ2) is 4.59. The van der Waals surface area contributed by atoms with Gasteiger partial charge in [-0.25, -0.2) is 0 Å². The molecular weight excluding hydrogens is 206 g/mol. The summed E-state index contributed by atoms with van der Waals surface area (Å²) in [6.45, 7) is 2.37. The lowest BCUT2D eigenvalue weighted by molar-refractivity contribution is -0.145. The summed E-state index contributed by atoms with van der Waals surface area (Å²) in [5, 5.41) is 7.50. The number of hydrogen-bond acceptors (Lipinski definition) is 3. The minimum Gasteiger partial charge on any atom is -0.381 e. The number of guanidine groups is 1. The predicted molar refractivity (Wildman–Crippen MR) is 61.4 cm³/mol. The van der Waals surface area contributed by atoms with Crippen LogP contribution in [-0.2, 0) is 9.47 Å². The van der Waals surface area contributed by atoms with Crippen LogP contribution in [0.1, 0.15) is 25.7 Å². The Morgan fingerprint density at radius 2 is 2.44 bits per heavy atom. The first-order valence-corrected chi connectivity index (χ1v) is 5.91. The van der Waals surface area contributed by atoms with Gasteiger partial charge in [0.15, 0.2) is 5.96 Å². The summed E-state index contributed by atoms with van der Waals surface area (Å²) < 4.78 is 11.4. The molecular formula is C11H21N3O2. The molecule has 5 nitrogen and oxygen atoms in total. The van der Waals surface area contributed by atoms with Crippen molar-refractivity contribution in [1.82, 2.24) is 4.90 Å². The number of hydrogen-bond donors (Lipinski definition) is 2. The maximum absolute atomic E-state index is 7.50. The molecule has 2 atom stereocenters. The van der Waals surface area contributed by atoms with Gasteiger partial charge in [0.25, 0.3) is 0 Å². The Balaban J connectivity index is 2.03. The summed E-state index contributed by atoms with van der Waals surface area (Å²) in [4.78, 5) is 1.90. The molecule has 0 aromatic heterocycles. The molecule has 2 saturated heterocycles. The number of nitrogens with zero attached hydrogens (tertiary/aromatic N) is 1. The molecule has 0 saturated carbocycles. The summed E-state index contributed by atoms with van der Waals surface area (Å²) in [5.74, 6) is 0.155. The molecule has 0 aliphatic carbocycles. The van der Waals surface area contributed by atoms with E-state index >= 15 is 0 Å². The SMILES string of the molecule is CO[C@@H]1CCO[C@@]2(CCCN(C(=N)N)C2)C1. The molecule has 0 aromatic rings. The molecule has 3 N–H and O–H groups in total. The van der Waals surface area contributed by atoms with Crippen LogP contribution in [0.2, 0.25) is 0 Å².